The van der Waals surface area contributed by atoms with Crippen LogP contribution in [0, 0.1) is 6.92 Å². The molecule has 0 bridgehead atoms. The number of nitrogen functional groups attached to an aromatic ring is 1. The Morgan fingerprint density at radius 1 is 1.39 bits per heavy atom. The van der Waals surface area contributed by atoms with E-state index < -0.39 is 0 Å². The van der Waals surface area contributed by atoms with Gasteiger partial charge in [-0.1, -0.05) is 6.92 Å². The number of aliphatic hydroxyl groups is 1. The van der Waals surface area contributed by atoms with Crippen molar-refractivity contribution in [2.45, 2.75) is 26.3 Å². The maximum Gasteiger partial charge on any atom is 0.0632 e. The van der Waals surface area contributed by atoms with E-state index in [1.807, 2.05) is 32.0 Å². The van der Waals surface area contributed by atoms with Gasteiger partial charge in [-0.25, -0.2) is 0 Å². The van der Waals surface area contributed by atoms with Gasteiger partial charge in [0.25, 0.3) is 0 Å². The molecule has 2 rings (SSSR count). The Bertz CT molecular complexity index is 550. The molecule has 0 fully saturated rings. The van der Waals surface area contributed by atoms with Crippen molar-refractivity contribution in [3.05, 3.63) is 30.1 Å². The van der Waals surface area contributed by atoms with Crippen LogP contribution in [0.1, 0.15) is 19.0 Å². The van der Waals surface area contributed by atoms with Crippen LogP contribution in [0.25, 0.3) is 10.8 Å². The lowest BCUT2D eigenvalue weighted by Gasteiger charge is -2.18. The van der Waals surface area contributed by atoms with Gasteiger partial charge in [-0.05, 0) is 31.5 Å². The third-order valence-electron chi connectivity index (χ3n) is 3.14. The molecule has 1 aromatic heterocycles. The number of pyridine rings is 1. The lowest BCUT2D eigenvalue weighted by Crippen LogP contribution is -2.22. The highest BCUT2D eigenvalue weighted by Crippen LogP contribution is 2.28. The Hall–Kier alpha value is -1.81. The minimum Gasteiger partial charge on any atom is -0.398 e. The van der Waals surface area contributed by atoms with Crippen LogP contribution in [0.3, 0.4) is 0 Å². The summed E-state index contributed by atoms with van der Waals surface area (Å²) in [5.41, 5.74) is 8.62. The first kappa shape index (κ1) is 12.6. The number of hydrogen-bond acceptors (Lipinski definition) is 4. The van der Waals surface area contributed by atoms with E-state index in [0.29, 0.717) is 0 Å². The molecule has 0 aliphatic carbocycles. The fourth-order valence-corrected chi connectivity index (χ4v) is 1.99. The average Bonchev–Trinajstić information content (AvgIpc) is 2.38. The fraction of sp³-hybridized carbons (Fsp3) is 0.357. The Labute approximate surface area is 107 Å². The summed E-state index contributed by atoms with van der Waals surface area (Å²) in [6.07, 6.45) is 2.66. The number of hydrogen-bond donors (Lipinski definition) is 3. The predicted octanol–water partition coefficient (Wildman–Crippen LogP) is 2.31. The molecule has 0 spiro atoms. The van der Waals surface area contributed by atoms with E-state index in [9.17, 15) is 5.11 Å². The fourth-order valence-electron chi connectivity index (χ4n) is 1.99. The molecule has 1 atom stereocenters. The number of nitrogens with zero attached hydrogens (tertiary/aromatic N) is 1. The van der Waals surface area contributed by atoms with Crippen LogP contribution < -0.4 is 11.1 Å². The minimum atomic E-state index is 0.0605. The summed E-state index contributed by atoms with van der Waals surface area (Å²) < 4.78 is 0. The van der Waals surface area contributed by atoms with Crippen LogP contribution in [0.15, 0.2) is 24.4 Å². The van der Waals surface area contributed by atoms with Crippen LogP contribution >= 0.6 is 0 Å². The van der Waals surface area contributed by atoms with Gasteiger partial charge >= 0.3 is 0 Å². The van der Waals surface area contributed by atoms with Crippen LogP contribution in [0.4, 0.5) is 11.4 Å². The number of nitrogens with two attached hydrogens (primary N) is 1. The first-order chi connectivity index (χ1) is 8.65. The van der Waals surface area contributed by atoms with Gasteiger partial charge in [0, 0.05) is 40.1 Å². The van der Waals surface area contributed by atoms with Crippen LogP contribution in [0.5, 0.6) is 0 Å². The van der Waals surface area contributed by atoms with Crippen molar-refractivity contribution < 1.29 is 5.11 Å². The van der Waals surface area contributed by atoms with Crippen molar-refractivity contribution in [3.63, 3.8) is 0 Å². The molecule has 1 unspecified atom stereocenters. The van der Waals surface area contributed by atoms with Gasteiger partial charge in [-0.3, -0.25) is 4.98 Å². The third-order valence-corrected chi connectivity index (χ3v) is 3.14. The zero-order valence-electron chi connectivity index (χ0n) is 10.8. The number of benzene rings is 1. The smallest absolute Gasteiger partial charge is 0.0632 e. The highest BCUT2D eigenvalue weighted by Gasteiger charge is 2.09. The predicted molar refractivity (Wildman–Crippen MR) is 75.7 cm³/mol. The zero-order valence-corrected chi connectivity index (χ0v) is 10.8. The van der Waals surface area contributed by atoms with Gasteiger partial charge in [-0.15, -0.1) is 0 Å². The topological polar surface area (TPSA) is 71.2 Å². The highest BCUT2D eigenvalue weighted by atomic mass is 16.3. The summed E-state index contributed by atoms with van der Waals surface area (Å²) in [6.45, 7) is 4.11. The maximum atomic E-state index is 9.27. The van der Waals surface area contributed by atoms with Crippen molar-refractivity contribution in [1.29, 1.82) is 0 Å². The molecule has 1 heterocycles. The molecule has 4 heteroatoms. The van der Waals surface area contributed by atoms with E-state index in [0.717, 1.165) is 34.3 Å². The molecule has 0 amide bonds. The molecule has 1 aromatic carbocycles. The molecule has 0 aliphatic heterocycles. The van der Waals surface area contributed by atoms with Gasteiger partial charge in [-0.2, -0.15) is 0 Å². The minimum absolute atomic E-state index is 0.0605. The number of aromatic nitrogens is 1. The molecule has 96 valence electrons. The second-order valence-corrected chi connectivity index (χ2v) is 4.51. The molecule has 4 nitrogen and oxygen atoms in total. The second-order valence-electron chi connectivity index (χ2n) is 4.51. The first-order valence-corrected chi connectivity index (χ1v) is 6.18. The SMILES string of the molecule is CCC(CO)Nc1ccc(N)c2cnc(C)cc12. The number of aliphatic hydroxyl groups excluding tert-OH is 1. The number of nitrogens with one attached hydrogen (secondary N) is 1. The zero-order chi connectivity index (χ0) is 13.1. The van der Waals surface area contributed by atoms with E-state index in [4.69, 9.17) is 5.73 Å². The summed E-state index contributed by atoms with van der Waals surface area (Å²) >= 11 is 0. The molecule has 2 aromatic rings. The Balaban J connectivity index is 2.50. The molecule has 0 aliphatic rings. The molecular formula is C14H19N3O. The number of fused-ring (bicyclic) bond motifs is 1. The van der Waals surface area contributed by atoms with Gasteiger partial charge in [0.1, 0.15) is 0 Å². The molecule has 0 saturated carbocycles. The Morgan fingerprint density at radius 2 is 2.17 bits per heavy atom. The molecule has 0 radical (unpaired) electrons. The number of rotatable bonds is 4. The van der Waals surface area contributed by atoms with E-state index in [2.05, 4.69) is 10.3 Å². The van der Waals surface area contributed by atoms with Gasteiger partial charge < -0.3 is 16.2 Å². The normalized spacial score (nSPS) is 12.6. The molecule has 18 heavy (non-hydrogen) atoms. The molecule has 4 N–H and O–H groups in total. The Morgan fingerprint density at radius 3 is 2.83 bits per heavy atom. The summed E-state index contributed by atoms with van der Waals surface area (Å²) in [7, 11) is 0. The lowest BCUT2D eigenvalue weighted by molar-refractivity contribution is 0.272. The third kappa shape index (κ3) is 2.38. The van der Waals surface area contributed by atoms with E-state index >= 15 is 0 Å². The molecule has 0 saturated heterocycles. The van der Waals surface area contributed by atoms with E-state index in [1.165, 1.54) is 0 Å². The van der Waals surface area contributed by atoms with Crippen LogP contribution in [-0.2, 0) is 0 Å². The van der Waals surface area contributed by atoms with Crippen molar-refractivity contribution in [2.24, 2.45) is 0 Å². The molecular weight excluding hydrogens is 226 g/mol. The largest absolute Gasteiger partial charge is 0.398 e. The van der Waals surface area contributed by atoms with Crippen molar-refractivity contribution in [3.8, 4) is 0 Å². The van der Waals surface area contributed by atoms with E-state index in [-0.39, 0.29) is 12.6 Å². The highest BCUT2D eigenvalue weighted by molar-refractivity contribution is 6.00. The van der Waals surface area contributed by atoms with Gasteiger partial charge in [0.2, 0.25) is 0 Å². The van der Waals surface area contributed by atoms with E-state index in [1.54, 1.807) is 6.20 Å². The summed E-state index contributed by atoms with van der Waals surface area (Å²) in [5, 5.41) is 14.6. The quantitative estimate of drug-likeness (QED) is 0.723. The summed E-state index contributed by atoms with van der Waals surface area (Å²) in [6, 6.07) is 5.89. The van der Waals surface area contributed by atoms with Crippen LogP contribution in [-0.4, -0.2) is 22.7 Å². The average molecular weight is 245 g/mol. The first-order valence-electron chi connectivity index (χ1n) is 6.18. The van der Waals surface area contributed by atoms with Gasteiger partial charge in [0.15, 0.2) is 0 Å². The summed E-state index contributed by atoms with van der Waals surface area (Å²) in [4.78, 5) is 4.27. The maximum absolute atomic E-state index is 9.27. The second kappa shape index (κ2) is 5.23. The monoisotopic (exact) mass is 245 g/mol. The van der Waals surface area contributed by atoms with Crippen LogP contribution in [0.2, 0.25) is 0 Å². The van der Waals surface area contributed by atoms with Crippen molar-refractivity contribution >= 4 is 22.1 Å². The standard InChI is InChI=1S/C14H19N3O/c1-3-10(8-18)17-14-5-4-13(15)12-7-16-9(2)6-11(12)14/h4-7,10,17-18H,3,8,15H2,1-2H3. The van der Waals surface area contributed by atoms with Crippen molar-refractivity contribution in [1.82, 2.24) is 4.98 Å². The van der Waals surface area contributed by atoms with Gasteiger partial charge in [0.05, 0.1) is 6.61 Å². The summed E-state index contributed by atoms with van der Waals surface area (Å²) in [5.74, 6) is 0. The lowest BCUT2D eigenvalue weighted by atomic mass is 10.1. The Kier molecular flexibility index (Phi) is 3.67. The number of aryl methyl sites for hydroxylation is 1. The number of anilines is 2. The van der Waals surface area contributed by atoms with Crippen molar-refractivity contribution in [2.75, 3.05) is 17.7 Å².